The molecule has 1 heterocycles. The predicted molar refractivity (Wildman–Crippen MR) is 114 cm³/mol. The minimum absolute atomic E-state index is 0.0191. The molecule has 0 saturated carbocycles. The van der Waals surface area contributed by atoms with Gasteiger partial charge in [-0.05, 0) is 60.7 Å². The van der Waals surface area contributed by atoms with Crippen molar-refractivity contribution in [1.29, 1.82) is 0 Å². The number of amides is 1. The number of anilines is 1. The fourth-order valence-electron chi connectivity index (χ4n) is 3.02. The highest BCUT2D eigenvalue weighted by atomic mass is 19.1. The SMILES string of the molecule is COc1ccc(-c2nc(OC)nn2-c2ccc(NC(=O)c3ccccc3F)cc2)cc1. The van der Waals surface area contributed by atoms with Crippen LogP contribution in [0.4, 0.5) is 10.1 Å². The number of nitrogens with one attached hydrogen (secondary N) is 1. The minimum atomic E-state index is -0.574. The van der Waals surface area contributed by atoms with Gasteiger partial charge in [0.05, 0.1) is 25.5 Å². The molecule has 1 aromatic heterocycles. The van der Waals surface area contributed by atoms with Gasteiger partial charge in [0.2, 0.25) is 0 Å². The number of carbonyl (C=O) groups is 1. The Kier molecular flexibility index (Phi) is 5.61. The van der Waals surface area contributed by atoms with E-state index >= 15 is 0 Å². The van der Waals surface area contributed by atoms with E-state index in [1.54, 1.807) is 42.1 Å². The van der Waals surface area contributed by atoms with Crippen molar-refractivity contribution in [2.45, 2.75) is 0 Å². The maximum atomic E-state index is 13.8. The summed E-state index contributed by atoms with van der Waals surface area (Å²) in [5.41, 5.74) is 2.04. The van der Waals surface area contributed by atoms with Crippen molar-refractivity contribution in [3.05, 3.63) is 84.2 Å². The van der Waals surface area contributed by atoms with Crippen LogP contribution < -0.4 is 14.8 Å². The van der Waals surface area contributed by atoms with E-state index in [9.17, 15) is 9.18 Å². The molecule has 1 N–H and O–H groups in total. The second-order valence-electron chi connectivity index (χ2n) is 6.54. The summed E-state index contributed by atoms with van der Waals surface area (Å²) >= 11 is 0. The van der Waals surface area contributed by atoms with Gasteiger partial charge in [-0.1, -0.05) is 12.1 Å². The third kappa shape index (κ3) is 4.23. The standard InChI is InChI=1S/C23H19FN4O3/c1-30-18-13-7-15(8-14-18)21-26-23(31-2)27-28(21)17-11-9-16(10-12-17)25-22(29)19-5-3-4-6-20(19)24/h3-14H,1-2H3,(H,25,29). The summed E-state index contributed by atoms with van der Waals surface area (Å²) in [6, 6.07) is 20.4. The Morgan fingerprint density at radius 3 is 2.29 bits per heavy atom. The molecule has 0 aliphatic carbocycles. The highest BCUT2D eigenvalue weighted by Crippen LogP contribution is 2.26. The maximum absolute atomic E-state index is 13.8. The van der Waals surface area contributed by atoms with Crippen molar-refractivity contribution >= 4 is 11.6 Å². The highest BCUT2D eigenvalue weighted by Gasteiger charge is 2.15. The molecule has 3 aromatic carbocycles. The van der Waals surface area contributed by atoms with Gasteiger partial charge in [0.1, 0.15) is 11.6 Å². The number of hydrogen-bond donors (Lipinski definition) is 1. The zero-order valence-corrected chi connectivity index (χ0v) is 16.9. The summed E-state index contributed by atoms with van der Waals surface area (Å²) in [6.45, 7) is 0. The van der Waals surface area contributed by atoms with Crippen molar-refractivity contribution < 1.29 is 18.7 Å². The largest absolute Gasteiger partial charge is 0.497 e. The molecule has 4 rings (SSSR count). The van der Waals surface area contributed by atoms with Gasteiger partial charge in [-0.15, -0.1) is 5.10 Å². The molecule has 0 saturated heterocycles. The van der Waals surface area contributed by atoms with Crippen molar-refractivity contribution in [3.63, 3.8) is 0 Å². The van der Waals surface area contributed by atoms with Crippen LogP contribution in [-0.2, 0) is 0 Å². The maximum Gasteiger partial charge on any atom is 0.336 e. The number of carbonyl (C=O) groups excluding carboxylic acids is 1. The van der Waals surface area contributed by atoms with Crippen molar-refractivity contribution in [2.24, 2.45) is 0 Å². The monoisotopic (exact) mass is 418 g/mol. The molecule has 0 atom stereocenters. The zero-order valence-electron chi connectivity index (χ0n) is 16.9. The molecule has 0 aliphatic heterocycles. The zero-order chi connectivity index (χ0) is 21.8. The first-order chi connectivity index (χ1) is 15.1. The van der Waals surface area contributed by atoms with Crippen LogP contribution in [0.5, 0.6) is 11.8 Å². The number of ether oxygens (including phenoxy) is 2. The Balaban J connectivity index is 1.61. The Hall–Kier alpha value is -4.20. The Labute approximate surface area is 178 Å². The van der Waals surface area contributed by atoms with Gasteiger partial charge >= 0.3 is 6.01 Å². The van der Waals surface area contributed by atoms with Crippen molar-refractivity contribution in [3.8, 4) is 28.8 Å². The second-order valence-corrected chi connectivity index (χ2v) is 6.54. The Bertz CT molecular complexity index is 1200. The lowest BCUT2D eigenvalue weighted by atomic mass is 10.2. The van der Waals surface area contributed by atoms with E-state index in [0.717, 1.165) is 11.3 Å². The van der Waals surface area contributed by atoms with Crippen LogP contribution in [0, 0.1) is 5.82 Å². The first kappa shape index (κ1) is 20.1. The molecular formula is C23H19FN4O3. The quantitative estimate of drug-likeness (QED) is 0.504. The summed E-state index contributed by atoms with van der Waals surface area (Å²) < 4.78 is 25.9. The molecule has 4 aromatic rings. The number of halogens is 1. The minimum Gasteiger partial charge on any atom is -0.497 e. The second kappa shape index (κ2) is 8.66. The van der Waals surface area contributed by atoms with Gasteiger partial charge in [0.25, 0.3) is 5.91 Å². The Morgan fingerprint density at radius 1 is 0.935 bits per heavy atom. The fourth-order valence-corrected chi connectivity index (χ4v) is 3.02. The third-order valence-electron chi connectivity index (χ3n) is 4.61. The van der Waals surface area contributed by atoms with Crippen LogP contribution in [-0.4, -0.2) is 34.9 Å². The molecular weight excluding hydrogens is 399 g/mol. The number of rotatable bonds is 6. The lowest BCUT2D eigenvalue weighted by Crippen LogP contribution is -2.13. The van der Waals surface area contributed by atoms with Crippen molar-refractivity contribution in [2.75, 3.05) is 19.5 Å². The molecule has 1 amide bonds. The van der Waals surface area contributed by atoms with Gasteiger partial charge in [0.15, 0.2) is 5.82 Å². The lowest BCUT2D eigenvalue weighted by molar-refractivity contribution is 0.102. The molecule has 156 valence electrons. The van der Waals surface area contributed by atoms with Crippen LogP contribution in [0.1, 0.15) is 10.4 Å². The highest BCUT2D eigenvalue weighted by molar-refractivity contribution is 6.04. The first-order valence-corrected chi connectivity index (χ1v) is 9.41. The molecule has 31 heavy (non-hydrogen) atoms. The molecule has 7 nitrogen and oxygen atoms in total. The van der Waals surface area contributed by atoms with E-state index in [2.05, 4.69) is 15.4 Å². The summed E-state index contributed by atoms with van der Waals surface area (Å²) in [5.74, 6) is 0.224. The predicted octanol–water partition coefficient (Wildman–Crippen LogP) is 4.34. The van der Waals surface area contributed by atoms with Crippen LogP contribution in [0.15, 0.2) is 72.8 Å². The van der Waals surface area contributed by atoms with Crippen LogP contribution >= 0.6 is 0 Å². The van der Waals surface area contributed by atoms with Gasteiger partial charge in [-0.3, -0.25) is 4.79 Å². The molecule has 0 radical (unpaired) electrons. The van der Waals surface area contributed by atoms with Gasteiger partial charge in [-0.2, -0.15) is 4.98 Å². The third-order valence-corrected chi connectivity index (χ3v) is 4.61. The molecule has 0 aliphatic rings. The first-order valence-electron chi connectivity index (χ1n) is 9.41. The lowest BCUT2D eigenvalue weighted by Gasteiger charge is -2.09. The van der Waals surface area contributed by atoms with E-state index in [0.29, 0.717) is 17.2 Å². The summed E-state index contributed by atoms with van der Waals surface area (Å²) in [6.07, 6.45) is 0. The summed E-state index contributed by atoms with van der Waals surface area (Å²) in [7, 11) is 3.10. The van der Waals surface area contributed by atoms with Gasteiger partial charge in [-0.25, -0.2) is 9.07 Å². The van der Waals surface area contributed by atoms with Crippen LogP contribution in [0.3, 0.4) is 0 Å². The normalized spacial score (nSPS) is 10.5. The Morgan fingerprint density at radius 2 is 1.65 bits per heavy atom. The van der Waals surface area contributed by atoms with Gasteiger partial charge < -0.3 is 14.8 Å². The smallest absolute Gasteiger partial charge is 0.336 e. The molecule has 0 fully saturated rings. The fraction of sp³-hybridized carbons (Fsp3) is 0.0870. The van der Waals surface area contributed by atoms with Crippen LogP contribution in [0.25, 0.3) is 17.1 Å². The van der Waals surface area contributed by atoms with E-state index < -0.39 is 11.7 Å². The summed E-state index contributed by atoms with van der Waals surface area (Å²) in [4.78, 5) is 16.7. The van der Waals surface area contributed by atoms with E-state index in [1.165, 1.54) is 25.3 Å². The topological polar surface area (TPSA) is 78.3 Å². The van der Waals surface area contributed by atoms with Crippen LogP contribution in [0.2, 0.25) is 0 Å². The number of aromatic nitrogens is 3. The number of nitrogens with zero attached hydrogens (tertiary/aromatic N) is 3. The number of benzene rings is 3. The van der Waals surface area contributed by atoms with E-state index in [4.69, 9.17) is 9.47 Å². The molecule has 0 bridgehead atoms. The van der Waals surface area contributed by atoms with Crippen molar-refractivity contribution in [1.82, 2.24) is 14.8 Å². The molecule has 8 heteroatoms. The number of hydrogen-bond acceptors (Lipinski definition) is 5. The molecule has 0 spiro atoms. The average molecular weight is 418 g/mol. The van der Waals surface area contributed by atoms with E-state index in [1.807, 2.05) is 24.3 Å². The number of methoxy groups -OCH3 is 2. The molecule has 0 unspecified atom stereocenters. The average Bonchev–Trinajstić information content (AvgIpc) is 3.24. The summed E-state index contributed by atoms with van der Waals surface area (Å²) in [5, 5.41) is 7.07. The van der Waals surface area contributed by atoms with Gasteiger partial charge in [0, 0.05) is 11.3 Å². The van der Waals surface area contributed by atoms with E-state index in [-0.39, 0.29) is 11.6 Å².